The van der Waals surface area contributed by atoms with Gasteiger partial charge < -0.3 is 15.1 Å². The van der Waals surface area contributed by atoms with Crippen LogP contribution in [0.2, 0.25) is 5.02 Å². The summed E-state index contributed by atoms with van der Waals surface area (Å²) < 4.78 is 8.24. The normalized spacial score (nSPS) is 14.5. The lowest BCUT2D eigenvalue weighted by molar-refractivity contribution is 0.0848. The van der Waals surface area contributed by atoms with Crippen LogP contribution in [0, 0.1) is 6.92 Å². The van der Waals surface area contributed by atoms with Crippen molar-refractivity contribution in [3.63, 3.8) is 0 Å². The molecular formula is C31H30ClN7O4. The summed E-state index contributed by atoms with van der Waals surface area (Å²) in [6, 6.07) is 12.4. The lowest BCUT2D eigenvalue weighted by Crippen LogP contribution is -2.53. The molecular weight excluding hydrogens is 570 g/mol. The van der Waals surface area contributed by atoms with Crippen molar-refractivity contribution >= 4 is 34.4 Å². The second kappa shape index (κ2) is 11.8. The van der Waals surface area contributed by atoms with E-state index in [1.807, 2.05) is 24.3 Å². The van der Waals surface area contributed by atoms with Gasteiger partial charge >= 0.3 is 5.69 Å². The van der Waals surface area contributed by atoms with Crippen molar-refractivity contribution in [3.05, 3.63) is 106 Å². The standard InChI is InChI=1S/C31H30ClN7O4/c1-20-24(13-21(32)14-33-20)28(40)37-31(11-5-2-6-12-31)18-38-26-7-3-4-8-27(26)39(30(38)42)23-9-10-25(34-16-23)29(41)35-15-22-17-43-19-36-22/h3-4,7-10,13-14,16-17,19H,2,5-6,11-12,15,18H2,1H3,(H,35,41)(H,37,40). The van der Waals surface area contributed by atoms with Crippen molar-refractivity contribution in [1.82, 2.24) is 34.7 Å². The molecule has 12 heteroatoms. The number of para-hydroxylation sites is 2. The third-order valence-electron chi connectivity index (χ3n) is 7.94. The van der Waals surface area contributed by atoms with Gasteiger partial charge in [0, 0.05) is 6.20 Å². The van der Waals surface area contributed by atoms with E-state index in [1.54, 1.807) is 34.3 Å². The van der Waals surface area contributed by atoms with Crippen LogP contribution in [0.3, 0.4) is 0 Å². The Kier molecular flexibility index (Phi) is 7.81. The highest BCUT2D eigenvalue weighted by molar-refractivity contribution is 6.30. The van der Waals surface area contributed by atoms with Crippen LogP contribution in [0.4, 0.5) is 0 Å². The van der Waals surface area contributed by atoms with E-state index in [0.717, 1.165) is 37.6 Å². The average Bonchev–Trinajstić information content (AvgIpc) is 3.64. The van der Waals surface area contributed by atoms with E-state index >= 15 is 0 Å². The highest BCUT2D eigenvalue weighted by Crippen LogP contribution is 2.32. The maximum Gasteiger partial charge on any atom is 0.333 e. The summed E-state index contributed by atoms with van der Waals surface area (Å²) in [5, 5.41) is 6.41. The Morgan fingerprint density at radius 3 is 2.51 bits per heavy atom. The number of aryl methyl sites for hydroxylation is 1. The maximum absolute atomic E-state index is 14.1. The van der Waals surface area contributed by atoms with Crippen LogP contribution in [0.5, 0.6) is 0 Å². The lowest BCUT2D eigenvalue weighted by Gasteiger charge is -2.38. The van der Waals surface area contributed by atoms with Crippen molar-refractivity contribution in [2.24, 2.45) is 0 Å². The maximum atomic E-state index is 14.1. The zero-order valence-corrected chi connectivity index (χ0v) is 24.3. The summed E-state index contributed by atoms with van der Waals surface area (Å²) in [5.74, 6) is -0.628. The Labute approximate surface area is 251 Å². The second-order valence-corrected chi connectivity index (χ2v) is 11.3. The van der Waals surface area contributed by atoms with Gasteiger partial charge in [-0.1, -0.05) is 43.0 Å². The molecule has 4 aromatic heterocycles. The van der Waals surface area contributed by atoms with E-state index in [2.05, 4.69) is 25.6 Å². The number of rotatable bonds is 8. The first-order valence-corrected chi connectivity index (χ1v) is 14.5. The van der Waals surface area contributed by atoms with E-state index in [4.69, 9.17) is 16.0 Å². The molecule has 2 N–H and O–H groups in total. The SMILES string of the molecule is Cc1ncc(Cl)cc1C(=O)NC1(Cn2c(=O)n(-c3ccc(C(=O)NCc4cocn4)nc3)c3ccccc32)CCCCC1. The number of fused-ring (bicyclic) bond motifs is 1. The monoisotopic (exact) mass is 599 g/mol. The predicted molar refractivity (Wildman–Crippen MR) is 160 cm³/mol. The van der Waals surface area contributed by atoms with Gasteiger partial charge in [-0.2, -0.15) is 0 Å². The van der Waals surface area contributed by atoms with Crippen LogP contribution < -0.4 is 16.3 Å². The summed E-state index contributed by atoms with van der Waals surface area (Å²) >= 11 is 6.16. The molecule has 4 heterocycles. The minimum Gasteiger partial charge on any atom is -0.451 e. The topological polar surface area (TPSA) is 137 Å². The zero-order chi connectivity index (χ0) is 30.0. The lowest BCUT2D eigenvalue weighted by atomic mass is 9.81. The summed E-state index contributed by atoms with van der Waals surface area (Å²) in [4.78, 5) is 52.7. The number of oxazole rings is 1. The summed E-state index contributed by atoms with van der Waals surface area (Å²) in [5.41, 5.74) is 2.88. The molecule has 0 saturated heterocycles. The first kappa shape index (κ1) is 28.4. The van der Waals surface area contributed by atoms with Gasteiger partial charge in [0.25, 0.3) is 11.8 Å². The number of pyridine rings is 2. The zero-order valence-electron chi connectivity index (χ0n) is 23.5. The molecule has 0 unspecified atom stereocenters. The van der Waals surface area contributed by atoms with Gasteiger partial charge in [0.15, 0.2) is 6.39 Å². The highest BCUT2D eigenvalue weighted by Gasteiger charge is 2.36. The molecule has 43 heavy (non-hydrogen) atoms. The number of halogens is 1. The fourth-order valence-electron chi connectivity index (χ4n) is 5.75. The third kappa shape index (κ3) is 5.80. The van der Waals surface area contributed by atoms with Gasteiger partial charge in [-0.25, -0.2) is 14.8 Å². The molecule has 0 radical (unpaired) electrons. The second-order valence-electron chi connectivity index (χ2n) is 10.8. The van der Waals surface area contributed by atoms with Crippen molar-refractivity contribution < 1.29 is 14.0 Å². The Morgan fingerprint density at radius 2 is 1.79 bits per heavy atom. The molecule has 0 bridgehead atoms. The Bertz CT molecular complexity index is 1840. The van der Waals surface area contributed by atoms with Crippen LogP contribution in [0.15, 0.2) is 76.7 Å². The molecule has 0 atom stereocenters. The fraction of sp³-hybridized carbons (Fsp3) is 0.290. The predicted octanol–water partition coefficient (Wildman–Crippen LogP) is 4.59. The number of carbonyl (C=O) groups is 2. The fourth-order valence-corrected chi connectivity index (χ4v) is 5.91. The molecule has 6 rings (SSSR count). The van der Waals surface area contributed by atoms with E-state index in [1.165, 1.54) is 25.1 Å². The molecule has 1 aliphatic carbocycles. The van der Waals surface area contributed by atoms with Gasteiger partial charge in [-0.05, 0) is 50.1 Å². The summed E-state index contributed by atoms with van der Waals surface area (Å²) in [6.07, 6.45) is 10.2. The van der Waals surface area contributed by atoms with Crippen LogP contribution in [0.1, 0.15) is 64.3 Å². The number of hydrogen-bond acceptors (Lipinski definition) is 7. The van der Waals surface area contributed by atoms with Crippen LogP contribution in [-0.2, 0) is 13.1 Å². The van der Waals surface area contributed by atoms with E-state index < -0.39 is 5.54 Å². The molecule has 1 aromatic carbocycles. The number of nitrogens with zero attached hydrogens (tertiary/aromatic N) is 5. The van der Waals surface area contributed by atoms with Crippen molar-refractivity contribution in [3.8, 4) is 5.69 Å². The molecule has 0 spiro atoms. The largest absolute Gasteiger partial charge is 0.451 e. The molecule has 220 valence electrons. The van der Waals surface area contributed by atoms with Crippen molar-refractivity contribution in [2.45, 2.75) is 57.7 Å². The van der Waals surface area contributed by atoms with Gasteiger partial charge in [-0.15, -0.1) is 0 Å². The van der Waals surface area contributed by atoms with Crippen molar-refractivity contribution in [1.29, 1.82) is 0 Å². The van der Waals surface area contributed by atoms with E-state index in [-0.39, 0.29) is 29.7 Å². The van der Waals surface area contributed by atoms with E-state index in [0.29, 0.717) is 39.7 Å². The van der Waals surface area contributed by atoms with Crippen molar-refractivity contribution in [2.75, 3.05) is 0 Å². The number of imidazole rings is 1. The number of carbonyl (C=O) groups excluding carboxylic acids is 2. The van der Waals surface area contributed by atoms with Gasteiger partial charge in [0.1, 0.15) is 12.0 Å². The Balaban J connectivity index is 1.31. The quantitative estimate of drug-likeness (QED) is 0.266. The minimum absolute atomic E-state index is 0.206. The molecule has 1 fully saturated rings. The minimum atomic E-state index is -0.632. The molecule has 1 saturated carbocycles. The molecule has 1 aliphatic rings. The molecule has 0 aliphatic heterocycles. The Morgan fingerprint density at radius 1 is 1.00 bits per heavy atom. The van der Waals surface area contributed by atoms with Crippen LogP contribution in [-0.4, -0.2) is 41.4 Å². The molecule has 2 amide bonds. The van der Waals surface area contributed by atoms with Crippen LogP contribution >= 0.6 is 11.6 Å². The summed E-state index contributed by atoms with van der Waals surface area (Å²) in [7, 11) is 0. The Hall–Kier alpha value is -4.77. The van der Waals surface area contributed by atoms with Gasteiger partial charge in [-0.3, -0.25) is 23.7 Å². The number of aromatic nitrogens is 5. The first-order valence-electron chi connectivity index (χ1n) is 14.1. The third-order valence-corrected chi connectivity index (χ3v) is 8.14. The van der Waals surface area contributed by atoms with E-state index in [9.17, 15) is 14.4 Å². The molecule has 11 nitrogen and oxygen atoms in total. The smallest absolute Gasteiger partial charge is 0.333 e. The van der Waals surface area contributed by atoms with Gasteiger partial charge in [0.05, 0.1) is 63.5 Å². The number of hydrogen-bond donors (Lipinski definition) is 2. The highest BCUT2D eigenvalue weighted by atomic mass is 35.5. The number of amides is 2. The first-order chi connectivity index (χ1) is 20.8. The van der Waals surface area contributed by atoms with Gasteiger partial charge in [0.2, 0.25) is 0 Å². The average molecular weight is 600 g/mol. The van der Waals surface area contributed by atoms with Crippen LogP contribution in [0.25, 0.3) is 16.7 Å². The number of nitrogens with one attached hydrogen (secondary N) is 2. The summed E-state index contributed by atoms with van der Waals surface area (Å²) in [6.45, 7) is 2.28. The number of benzene rings is 1. The molecule has 5 aromatic rings.